The third-order valence-electron chi connectivity index (χ3n) is 4.99. The standard InChI is InChI=1S/C21H18F3N5O3/c1-12-6-7-25-19-18(12)20(31)28(11-26-19)9-14-8-17(30)29(27-14)10-16(22)13-2-4-15(5-3-13)32-21(23)24/h2-7,11,16,21H,8-10H2,1H3/t16-/m0/s1. The van der Waals surface area contributed by atoms with E-state index in [4.69, 9.17) is 0 Å². The fourth-order valence-corrected chi connectivity index (χ4v) is 3.41. The van der Waals surface area contributed by atoms with E-state index in [2.05, 4.69) is 19.8 Å². The van der Waals surface area contributed by atoms with Crippen LogP contribution in [0.5, 0.6) is 5.75 Å². The number of pyridine rings is 1. The molecule has 0 aliphatic carbocycles. The van der Waals surface area contributed by atoms with Crippen LogP contribution >= 0.6 is 0 Å². The quantitative estimate of drug-likeness (QED) is 0.558. The van der Waals surface area contributed by atoms with Crippen molar-refractivity contribution < 1.29 is 22.7 Å². The number of hydrogen-bond donors (Lipinski definition) is 0. The highest BCUT2D eigenvalue weighted by Crippen LogP contribution is 2.24. The summed E-state index contributed by atoms with van der Waals surface area (Å²) in [6.45, 7) is -1.49. The number of benzene rings is 1. The molecular formula is C21H18F3N5O3. The van der Waals surface area contributed by atoms with Crippen LogP contribution in [-0.2, 0) is 11.3 Å². The Bertz CT molecular complexity index is 1240. The van der Waals surface area contributed by atoms with Gasteiger partial charge in [-0.05, 0) is 36.2 Å². The van der Waals surface area contributed by atoms with Gasteiger partial charge in [0.1, 0.15) is 18.2 Å². The Morgan fingerprint density at radius 2 is 1.84 bits per heavy atom. The van der Waals surface area contributed by atoms with E-state index in [1.807, 2.05) is 0 Å². The van der Waals surface area contributed by atoms with Crippen LogP contribution < -0.4 is 10.3 Å². The molecule has 4 rings (SSSR count). The van der Waals surface area contributed by atoms with Gasteiger partial charge in [-0.1, -0.05) is 12.1 Å². The van der Waals surface area contributed by atoms with Crippen molar-refractivity contribution in [3.63, 3.8) is 0 Å². The molecule has 32 heavy (non-hydrogen) atoms. The molecule has 11 heteroatoms. The number of ether oxygens (including phenoxy) is 1. The average Bonchev–Trinajstić information content (AvgIpc) is 3.09. The van der Waals surface area contributed by atoms with Gasteiger partial charge in [0.15, 0.2) is 5.65 Å². The molecule has 0 fully saturated rings. The third kappa shape index (κ3) is 4.46. The second-order valence-electron chi connectivity index (χ2n) is 7.24. The zero-order chi connectivity index (χ0) is 22.8. The molecule has 1 aliphatic heterocycles. The lowest BCUT2D eigenvalue weighted by Gasteiger charge is -2.15. The minimum Gasteiger partial charge on any atom is -0.435 e. The first-order chi connectivity index (χ1) is 15.3. The van der Waals surface area contributed by atoms with Crippen molar-refractivity contribution in [1.82, 2.24) is 19.5 Å². The highest BCUT2D eigenvalue weighted by Gasteiger charge is 2.27. The normalized spacial score (nSPS) is 14.8. The highest BCUT2D eigenvalue weighted by molar-refractivity contribution is 6.04. The first kappa shape index (κ1) is 21.5. The van der Waals surface area contributed by atoms with Crippen molar-refractivity contribution in [2.75, 3.05) is 6.54 Å². The van der Waals surface area contributed by atoms with Crippen LogP contribution in [-0.4, -0.2) is 44.3 Å². The number of hydrogen-bond acceptors (Lipinski definition) is 6. The summed E-state index contributed by atoms with van der Waals surface area (Å²) in [5.74, 6) is -0.492. The lowest BCUT2D eigenvalue weighted by atomic mass is 10.1. The molecule has 3 aromatic rings. The Labute approximate surface area is 180 Å². The summed E-state index contributed by atoms with van der Waals surface area (Å²) in [5, 5.41) is 5.56. The minimum absolute atomic E-state index is 0.0367. The first-order valence-electron chi connectivity index (χ1n) is 9.68. The third-order valence-corrected chi connectivity index (χ3v) is 4.99. The molecule has 0 bridgehead atoms. The molecule has 1 aromatic carbocycles. The van der Waals surface area contributed by atoms with Gasteiger partial charge in [0.25, 0.3) is 5.56 Å². The summed E-state index contributed by atoms with van der Waals surface area (Å²) in [5.41, 5.74) is 1.36. The number of carbonyl (C=O) groups excluding carboxylic acids is 1. The Kier molecular flexibility index (Phi) is 5.89. The van der Waals surface area contributed by atoms with Crippen molar-refractivity contribution >= 4 is 22.7 Å². The summed E-state index contributed by atoms with van der Waals surface area (Å²) in [4.78, 5) is 33.3. The number of amides is 1. The smallest absolute Gasteiger partial charge is 0.387 e. The van der Waals surface area contributed by atoms with Crippen molar-refractivity contribution in [3.05, 3.63) is 64.3 Å². The Balaban J connectivity index is 1.47. The SMILES string of the molecule is Cc1ccnc2ncn(CC3=NN(C[C@H](F)c4ccc(OC(F)F)cc4)C(=O)C3)c(=O)c12. The number of aromatic nitrogens is 3. The van der Waals surface area contributed by atoms with Crippen LogP contribution in [0.25, 0.3) is 11.0 Å². The van der Waals surface area contributed by atoms with Crippen molar-refractivity contribution in [2.24, 2.45) is 5.10 Å². The van der Waals surface area contributed by atoms with E-state index in [1.165, 1.54) is 35.2 Å². The molecule has 8 nitrogen and oxygen atoms in total. The van der Waals surface area contributed by atoms with Crippen LogP contribution in [0.3, 0.4) is 0 Å². The van der Waals surface area contributed by atoms with Gasteiger partial charge < -0.3 is 4.74 Å². The second kappa shape index (κ2) is 8.77. The van der Waals surface area contributed by atoms with Crippen LogP contribution in [0, 0.1) is 6.92 Å². The maximum atomic E-state index is 14.7. The van der Waals surface area contributed by atoms with Gasteiger partial charge in [0.2, 0.25) is 5.91 Å². The predicted octanol–water partition coefficient (Wildman–Crippen LogP) is 3.00. The summed E-state index contributed by atoms with van der Waals surface area (Å²) < 4.78 is 44.7. The molecule has 3 heterocycles. The van der Waals surface area contributed by atoms with Gasteiger partial charge >= 0.3 is 6.61 Å². The number of carbonyl (C=O) groups is 1. The van der Waals surface area contributed by atoms with E-state index in [0.29, 0.717) is 16.7 Å². The molecule has 1 atom stereocenters. The molecule has 0 spiro atoms. The maximum absolute atomic E-state index is 14.7. The molecule has 0 radical (unpaired) electrons. The van der Waals surface area contributed by atoms with Gasteiger partial charge in [-0.15, -0.1) is 0 Å². The second-order valence-corrected chi connectivity index (χ2v) is 7.24. The molecule has 0 saturated carbocycles. The van der Waals surface area contributed by atoms with Crippen LogP contribution in [0.4, 0.5) is 13.2 Å². The summed E-state index contributed by atoms with van der Waals surface area (Å²) in [6.07, 6.45) is 1.28. The maximum Gasteiger partial charge on any atom is 0.387 e. The fraction of sp³-hybridized carbons (Fsp3) is 0.286. The monoisotopic (exact) mass is 445 g/mol. The zero-order valence-corrected chi connectivity index (χ0v) is 16.9. The number of alkyl halides is 3. The zero-order valence-electron chi connectivity index (χ0n) is 16.9. The van der Waals surface area contributed by atoms with Gasteiger partial charge in [-0.2, -0.15) is 13.9 Å². The number of aryl methyl sites for hydroxylation is 1. The van der Waals surface area contributed by atoms with Crippen molar-refractivity contribution in [2.45, 2.75) is 32.7 Å². The molecule has 2 aromatic heterocycles. The highest BCUT2D eigenvalue weighted by atomic mass is 19.3. The van der Waals surface area contributed by atoms with Gasteiger partial charge in [-0.25, -0.2) is 19.4 Å². The van der Waals surface area contributed by atoms with Gasteiger partial charge in [0, 0.05) is 6.20 Å². The Morgan fingerprint density at radius 3 is 2.56 bits per heavy atom. The minimum atomic E-state index is -2.97. The lowest BCUT2D eigenvalue weighted by molar-refractivity contribution is -0.129. The molecular weight excluding hydrogens is 427 g/mol. The molecule has 1 aliphatic rings. The van der Waals surface area contributed by atoms with Crippen molar-refractivity contribution in [1.29, 1.82) is 0 Å². The average molecular weight is 445 g/mol. The number of hydrazone groups is 1. The van der Waals surface area contributed by atoms with Crippen molar-refractivity contribution in [3.8, 4) is 5.75 Å². The Morgan fingerprint density at radius 1 is 1.09 bits per heavy atom. The first-order valence-corrected chi connectivity index (χ1v) is 9.68. The van der Waals surface area contributed by atoms with E-state index in [0.717, 1.165) is 10.6 Å². The van der Waals surface area contributed by atoms with E-state index in [9.17, 15) is 22.8 Å². The van der Waals surface area contributed by atoms with Crippen LogP contribution in [0.2, 0.25) is 0 Å². The van der Waals surface area contributed by atoms with Crippen LogP contribution in [0.1, 0.15) is 23.7 Å². The fourth-order valence-electron chi connectivity index (χ4n) is 3.41. The summed E-state index contributed by atoms with van der Waals surface area (Å²) >= 11 is 0. The van der Waals surface area contributed by atoms with E-state index >= 15 is 0 Å². The summed E-state index contributed by atoms with van der Waals surface area (Å²) in [7, 11) is 0. The molecule has 1 amide bonds. The molecule has 0 unspecified atom stereocenters. The van der Waals surface area contributed by atoms with E-state index < -0.39 is 18.7 Å². The topological polar surface area (TPSA) is 89.7 Å². The van der Waals surface area contributed by atoms with E-state index in [-0.39, 0.29) is 36.4 Å². The summed E-state index contributed by atoms with van der Waals surface area (Å²) in [6, 6.07) is 6.78. The lowest BCUT2D eigenvalue weighted by Crippen LogP contribution is -2.25. The number of nitrogens with zero attached hydrogens (tertiary/aromatic N) is 5. The largest absolute Gasteiger partial charge is 0.435 e. The number of fused-ring (bicyclic) bond motifs is 1. The molecule has 0 saturated heterocycles. The number of halogens is 3. The molecule has 0 N–H and O–H groups in total. The predicted molar refractivity (Wildman–Crippen MR) is 109 cm³/mol. The van der Waals surface area contributed by atoms with E-state index in [1.54, 1.807) is 19.2 Å². The Hall–Kier alpha value is -3.76. The van der Waals surface area contributed by atoms with Gasteiger partial charge in [-0.3, -0.25) is 14.2 Å². The van der Waals surface area contributed by atoms with Crippen LogP contribution in [0.15, 0.2) is 52.8 Å². The van der Waals surface area contributed by atoms with Gasteiger partial charge in [0.05, 0.1) is 30.6 Å². The number of rotatable bonds is 7. The molecule has 166 valence electrons.